The molecule has 3 nitrogen and oxygen atoms in total. The number of hydrogen-bond donors (Lipinski definition) is 1. The number of aromatic nitrogens is 1. The maximum atomic E-state index is 6.03. The highest BCUT2D eigenvalue weighted by Crippen LogP contribution is 2.33. The lowest BCUT2D eigenvalue weighted by molar-refractivity contribution is 0.594. The van der Waals surface area contributed by atoms with Crippen LogP contribution in [0, 0.1) is 6.92 Å². The normalized spacial score (nSPS) is 10.6. The quantitative estimate of drug-likeness (QED) is 0.833. The van der Waals surface area contributed by atoms with Crippen molar-refractivity contribution in [3.63, 3.8) is 0 Å². The maximum Gasteiger partial charge on any atom is 0.292 e. The van der Waals surface area contributed by atoms with E-state index in [1.54, 1.807) is 25.1 Å². The van der Waals surface area contributed by atoms with E-state index in [-0.39, 0.29) is 6.01 Å². The minimum atomic E-state index is 0.133. The summed E-state index contributed by atoms with van der Waals surface area (Å²) in [5, 5.41) is 1.09. The fraction of sp³-hybridized carbons (Fsp3) is 0.100. The molecule has 0 aliphatic carbocycles. The molecule has 0 aliphatic heterocycles. The summed E-state index contributed by atoms with van der Waals surface area (Å²) in [7, 11) is 0. The molecule has 0 spiro atoms. The molecule has 0 saturated carbocycles. The molecule has 0 amide bonds. The van der Waals surface area contributed by atoms with E-state index in [1.807, 2.05) is 0 Å². The van der Waals surface area contributed by atoms with E-state index in [4.69, 9.17) is 33.4 Å². The third-order valence-electron chi connectivity index (χ3n) is 1.99. The largest absolute Gasteiger partial charge is 0.423 e. The van der Waals surface area contributed by atoms with Crippen molar-refractivity contribution in [1.82, 2.24) is 4.98 Å². The number of nitrogens with two attached hydrogens (primary N) is 1. The molecule has 15 heavy (non-hydrogen) atoms. The lowest BCUT2D eigenvalue weighted by Crippen LogP contribution is -1.81. The summed E-state index contributed by atoms with van der Waals surface area (Å²) in [6.07, 6.45) is 0. The van der Waals surface area contributed by atoms with Gasteiger partial charge in [0.15, 0.2) is 5.76 Å². The molecule has 0 fully saturated rings. The lowest BCUT2D eigenvalue weighted by atomic mass is 10.1. The van der Waals surface area contributed by atoms with Gasteiger partial charge in [-0.05, 0) is 25.1 Å². The third kappa shape index (κ3) is 1.94. The molecular weight excluding hydrogens is 235 g/mol. The smallest absolute Gasteiger partial charge is 0.292 e. The van der Waals surface area contributed by atoms with Crippen molar-refractivity contribution in [2.75, 3.05) is 5.73 Å². The third-order valence-corrected chi connectivity index (χ3v) is 2.54. The number of rotatable bonds is 1. The van der Waals surface area contributed by atoms with E-state index in [0.29, 0.717) is 21.5 Å². The summed E-state index contributed by atoms with van der Waals surface area (Å²) in [6.45, 7) is 1.81. The van der Waals surface area contributed by atoms with E-state index in [0.717, 1.165) is 5.56 Å². The summed E-state index contributed by atoms with van der Waals surface area (Å²) in [4.78, 5) is 3.97. The summed E-state index contributed by atoms with van der Waals surface area (Å²) < 4.78 is 5.26. The van der Waals surface area contributed by atoms with Gasteiger partial charge in [0, 0.05) is 10.6 Å². The molecule has 1 heterocycles. The van der Waals surface area contributed by atoms with E-state index < -0.39 is 0 Å². The van der Waals surface area contributed by atoms with Crippen LogP contribution in [0.4, 0.5) is 6.01 Å². The van der Waals surface area contributed by atoms with Crippen molar-refractivity contribution in [1.29, 1.82) is 0 Å². The summed E-state index contributed by atoms with van der Waals surface area (Å²) in [6, 6.07) is 5.29. The van der Waals surface area contributed by atoms with Crippen LogP contribution in [0.2, 0.25) is 10.0 Å². The van der Waals surface area contributed by atoms with Gasteiger partial charge >= 0.3 is 0 Å². The number of anilines is 1. The van der Waals surface area contributed by atoms with Crippen LogP contribution in [-0.4, -0.2) is 4.98 Å². The highest BCUT2D eigenvalue weighted by atomic mass is 35.5. The molecule has 1 aromatic carbocycles. The number of nitrogens with zero attached hydrogens (tertiary/aromatic N) is 1. The SMILES string of the molecule is Cc1nc(N)oc1-c1ccc(Cl)cc1Cl. The molecule has 2 rings (SSSR count). The molecular formula is C10H8Cl2N2O. The molecule has 0 atom stereocenters. The Labute approximate surface area is 96.8 Å². The van der Waals surface area contributed by atoms with Crippen molar-refractivity contribution in [3.8, 4) is 11.3 Å². The number of oxazole rings is 1. The highest BCUT2D eigenvalue weighted by Gasteiger charge is 2.13. The average molecular weight is 243 g/mol. The van der Waals surface area contributed by atoms with Gasteiger partial charge in [-0.25, -0.2) is 0 Å². The van der Waals surface area contributed by atoms with Gasteiger partial charge in [0.25, 0.3) is 6.01 Å². The lowest BCUT2D eigenvalue weighted by Gasteiger charge is -2.01. The Morgan fingerprint density at radius 3 is 2.60 bits per heavy atom. The first-order valence-electron chi connectivity index (χ1n) is 4.26. The zero-order valence-electron chi connectivity index (χ0n) is 7.92. The van der Waals surface area contributed by atoms with Crippen molar-refractivity contribution >= 4 is 29.2 Å². The molecule has 5 heteroatoms. The zero-order chi connectivity index (χ0) is 11.0. The maximum absolute atomic E-state index is 6.03. The van der Waals surface area contributed by atoms with Crippen LogP contribution < -0.4 is 5.73 Å². The minimum Gasteiger partial charge on any atom is -0.423 e. The zero-order valence-corrected chi connectivity index (χ0v) is 9.43. The van der Waals surface area contributed by atoms with Crippen LogP contribution >= 0.6 is 23.2 Å². The minimum absolute atomic E-state index is 0.133. The van der Waals surface area contributed by atoms with Crippen molar-refractivity contribution < 1.29 is 4.42 Å². The van der Waals surface area contributed by atoms with Gasteiger partial charge in [-0.2, -0.15) is 4.98 Å². The first-order chi connectivity index (χ1) is 7.08. The average Bonchev–Trinajstić information content (AvgIpc) is 2.45. The Bertz CT molecular complexity index is 508. The molecule has 0 bridgehead atoms. The first kappa shape index (κ1) is 10.3. The molecule has 1 aromatic heterocycles. The number of nitrogen functional groups attached to an aromatic ring is 1. The Hall–Kier alpha value is -1.19. The molecule has 78 valence electrons. The number of benzene rings is 1. The molecule has 0 radical (unpaired) electrons. The van der Waals surface area contributed by atoms with Crippen LogP contribution in [0.5, 0.6) is 0 Å². The number of aryl methyl sites for hydroxylation is 1. The topological polar surface area (TPSA) is 52.0 Å². The molecule has 2 aromatic rings. The van der Waals surface area contributed by atoms with E-state index in [2.05, 4.69) is 4.98 Å². The van der Waals surface area contributed by atoms with Gasteiger partial charge in [-0.1, -0.05) is 23.2 Å². The predicted octanol–water partition coefficient (Wildman–Crippen LogP) is 3.54. The van der Waals surface area contributed by atoms with Crippen LogP contribution in [0.1, 0.15) is 5.69 Å². The second-order valence-electron chi connectivity index (χ2n) is 3.09. The van der Waals surface area contributed by atoms with Gasteiger partial charge in [-0.3, -0.25) is 0 Å². The Morgan fingerprint density at radius 1 is 1.33 bits per heavy atom. The Balaban J connectivity index is 2.59. The summed E-state index contributed by atoms with van der Waals surface area (Å²) in [5.74, 6) is 0.578. The second-order valence-corrected chi connectivity index (χ2v) is 3.93. The van der Waals surface area contributed by atoms with Crippen LogP contribution in [0.15, 0.2) is 22.6 Å². The monoisotopic (exact) mass is 242 g/mol. The number of halogens is 2. The van der Waals surface area contributed by atoms with Crippen molar-refractivity contribution in [3.05, 3.63) is 33.9 Å². The molecule has 0 aliphatic rings. The first-order valence-corrected chi connectivity index (χ1v) is 5.02. The fourth-order valence-corrected chi connectivity index (χ4v) is 1.84. The number of hydrogen-bond acceptors (Lipinski definition) is 3. The van der Waals surface area contributed by atoms with Gasteiger partial charge in [0.1, 0.15) is 0 Å². The summed E-state index contributed by atoms with van der Waals surface area (Å²) in [5.41, 5.74) is 6.89. The van der Waals surface area contributed by atoms with E-state index in [1.165, 1.54) is 0 Å². The van der Waals surface area contributed by atoms with Gasteiger partial charge in [-0.15, -0.1) is 0 Å². The van der Waals surface area contributed by atoms with Gasteiger partial charge in [0.2, 0.25) is 0 Å². The van der Waals surface area contributed by atoms with Crippen LogP contribution in [0.25, 0.3) is 11.3 Å². The summed E-state index contributed by atoms with van der Waals surface area (Å²) >= 11 is 11.8. The van der Waals surface area contributed by atoms with Crippen LogP contribution in [0.3, 0.4) is 0 Å². The molecule has 0 saturated heterocycles. The second kappa shape index (κ2) is 3.76. The van der Waals surface area contributed by atoms with E-state index >= 15 is 0 Å². The van der Waals surface area contributed by atoms with Gasteiger partial charge in [0.05, 0.1) is 10.7 Å². The van der Waals surface area contributed by atoms with E-state index in [9.17, 15) is 0 Å². The fourth-order valence-electron chi connectivity index (χ4n) is 1.34. The molecule has 0 unspecified atom stereocenters. The van der Waals surface area contributed by atoms with Gasteiger partial charge < -0.3 is 10.2 Å². The Kier molecular flexibility index (Phi) is 2.59. The highest BCUT2D eigenvalue weighted by molar-refractivity contribution is 6.36. The van der Waals surface area contributed by atoms with Crippen LogP contribution in [-0.2, 0) is 0 Å². The predicted molar refractivity (Wildman–Crippen MR) is 61.1 cm³/mol. The van der Waals surface area contributed by atoms with Crippen molar-refractivity contribution in [2.24, 2.45) is 0 Å². The molecule has 2 N–H and O–H groups in total. The standard InChI is InChI=1S/C10H8Cl2N2O/c1-5-9(15-10(13)14-5)7-3-2-6(11)4-8(7)12/h2-4H,1H3,(H2,13,14). The van der Waals surface area contributed by atoms with Crippen molar-refractivity contribution in [2.45, 2.75) is 6.92 Å². The Morgan fingerprint density at radius 2 is 2.07 bits per heavy atom.